The SMILES string of the molecule is COc1ccc(CC(Oc2ccc(Cl)cc2)C(=O)O)cc1. The topological polar surface area (TPSA) is 55.8 Å². The van der Waals surface area contributed by atoms with Gasteiger partial charge in [0.05, 0.1) is 7.11 Å². The Labute approximate surface area is 127 Å². The number of carboxylic acids is 1. The van der Waals surface area contributed by atoms with Crippen molar-refractivity contribution in [3.8, 4) is 11.5 Å². The van der Waals surface area contributed by atoms with Gasteiger partial charge >= 0.3 is 5.97 Å². The van der Waals surface area contributed by atoms with Crippen molar-refractivity contribution in [3.05, 3.63) is 59.1 Å². The Hall–Kier alpha value is -2.20. The van der Waals surface area contributed by atoms with Crippen molar-refractivity contribution >= 4 is 17.6 Å². The van der Waals surface area contributed by atoms with Gasteiger partial charge < -0.3 is 14.6 Å². The number of ether oxygens (including phenoxy) is 2. The monoisotopic (exact) mass is 306 g/mol. The van der Waals surface area contributed by atoms with Crippen molar-refractivity contribution < 1.29 is 19.4 Å². The van der Waals surface area contributed by atoms with Crippen LogP contribution in [0.1, 0.15) is 5.56 Å². The first-order valence-corrected chi connectivity index (χ1v) is 6.74. The normalized spacial score (nSPS) is 11.7. The Morgan fingerprint density at radius 3 is 2.19 bits per heavy atom. The standard InChI is InChI=1S/C16H15ClO4/c1-20-13-6-2-11(3-7-13)10-15(16(18)19)21-14-8-4-12(17)5-9-14/h2-9,15H,10H2,1H3,(H,18,19). The van der Waals surface area contributed by atoms with Gasteiger partial charge in [0.2, 0.25) is 0 Å². The van der Waals surface area contributed by atoms with Gasteiger partial charge in [-0.3, -0.25) is 0 Å². The molecule has 1 unspecified atom stereocenters. The van der Waals surface area contributed by atoms with Gasteiger partial charge in [0, 0.05) is 11.4 Å². The van der Waals surface area contributed by atoms with Crippen LogP contribution in [-0.2, 0) is 11.2 Å². The summed E-state index contributed by atoms with van der Waals surface area (Å²) >= 11 is 5.79. The van der Waals surface area contributed by atoms with Crippen molar-refractivity contribution in [2.45, 2.75) is 12.5 Å². The van der Waals surface area contributed by atoms with Crippen molar-refractivity contribution in [1.82, 2.24) is 0 Å². The van der Waals surface area contributed by atoms with Gasteiger partial charge in [-0.25, -0.2) is 4.79 Å². The van der Waals surface area contributed by atoms with Gasteiger partial charge in [-0.2, -0.15) is 0 Å². The molecule has 1 atom stereocenters. The lowest BCUT2D eigenvalue weighted by molar-refractivity contribution is -0.145. The largest absolute Gasteiger partial charge is 0.497 e. The van der Waals surface area contributed by atoms with Gasteiger partial charge in [-0.05, 0) is 42.0 Å². The molecule has 2 aromatic carbocycles. The number of hydrogen-bond acceptors (Lipinski definition) is 3. The fraction of sp³-hybridized carbons (Fsp3) is 0.188. The van der Waals surface area contributed by atoms with E-state index in [0.717, 1.165) is 11.3 Å². The summed E-state index contributed by atoms with van der Waals surface area (Å²) in [6.07, 6.45) is -0.693. The average Bonchev–Trinajstić information content (AvgIpc) is 2.49. The second-order valence-corrected chi connectivity index (χ2v) is 4.89. The molecule has 0 heterocycles. The molecule has 0 saturated carbocycles. The maximum absolute atomic E-state index is 11.3. The van der Waals surface area contributed by atoms with E-state index < -0.39 is 12.1 Å². The minimum Gasteiger partial charge on any atom is -0.497 e. The van der Waals surface area contributed by atoms with E-state index in [1.807, 2.05) is 12.1 Å². The van der Waals surface area contributed by atoms with Crippen molar-refractivity contribution in [2.75, 3.05) is 7.11 Å². The summed E-state index contributed by atoms with van der Waals surface area (Å²) in [7, 11) is 1.58. The molecule has 0 fully saturated rings. The maximum atomic E-state index is 11.3. The minimum absolute atomic E-state index is 0.266. The highest BCUT2D eigenvalue weighted by Crippen LogP contribution is 2.19. The quantitative estimate of drug-likeness (QED) is 0.888. The van der Waals surface area contributed by atoms with E-state index in [0.29, 0.717) is 10.8 Å². The molecule has 4 nitrogen and oxygen atoms in total. The first-order valence-electron chi connectivity index (χ1n) is 6.36. The second-order valence-electron chi connectivity index (χ2n) is 4.45. The molecule has 110 valence electrons. The van der Waals surface area contributed by atoms with Gasteiger partial charge in [-0.1, -0.05) is 23.7 Å². The summed E-state index contributed by atoms with van der Waals surface area (Å²) in [6, 6.07) is 13.8. The smallest absolute Gasteiger partial charge is 0.345 e. The third-order valence-electron chi connectivity index (χ3n) is 2.95. The zero-order valence-electron chi connectivity index (χ0n) is 11.5. The molecule has 0 spiro atoms. The molecule has 0 bridgehead atoms. The van der Waals surface area contributed by atoms with Gasteiger partial charge in [-0.15, -0.1) is 0 Å². The highest BCUT2D eigenvalue weighted by molar-refractivity contribution is 6.30. The molecule has 0 amide bonds. The first-order chi connectivity index (χ1) is 10.1. The van der Waals surface area contributed by atoms with E-state index in [-0.39, 0.29) is 6.42 Å². The highest BCUT2D eigenvalue weighted by Gasteiger charge is 2.20. The third-order valence-corrected chi connectivity index (χ3v) is 3.20. The molecule has 0 aliphatic rings. The van der Waals surface area contributed by atoms with Crippen molar-refractivity contribution in [1.29, 1.82) is 0 Å². The number of benzene rings is 2. The van der Waals surface area contributed by atoms with Crippen LogP contribution in [0, 0.1) is 0 Å². The molecule has 5 heteroatoms. The Balaban J connectivity index is 2.07. The number of carboxylic acid groups (broad SMARTS) is 1. The third kappa shape index (κ3) is 4.39. The van der Waals surface area contributed by atoms with Gasteiger partial charge in [0.25, 0.3) is 0 Å². The molecule has 2 aromatic rings. The number of carbonyl (C=O) groups is 1. The van der Waals surface area contributed by atoms with E-state index in [9.17, 15) is 9.90 Å². The van der Waals surface area contributed by atoms with Crippen LogP contribution in [-0.4, -0.2) is 24.3 Å². The predicted molar refractivity (Wildman–Crippen MR) is 80.2 cm³/mol. The first kappa shape index (κ1) is 15.2. The summed E-state index contributed by atoms with van der Waals surface area (Å²) in [5, 5.41) is 9.85. The molecule has 0 aromatic heterocycles. The van der Waals surface area contributed by atoms with Gasteiger partial charge in [0.1, 0.15) is 11.5 Å². The molecular weight excluding hydrogens is 292 g/mol. The second kappa shape index (κ2) is 6.99. The Kier molecular flexibility index (Phi) is 5.06. The van der Waals surface area contributed by atoms with E-state index >= 15 is 0 Å². The molecule has 21 heavy (non-hydrogen) atoms. The molecule has 0 aliphatic heterocycles. The minimum atomic E-state index is -1.01. The summed E-state index contributed by atoms with van der Waals surface area (Å²) in [5.74, 6) is 0.185. The maximum Gasteiger partial charge on any atom is 0.345 e. The van der Waals surface area contributed by atoms with E-state index in [1.54, 1.807) is 43.5 Å². The van der Waals surface area contributed by atoms with E-state index in [2.05, 4.69) is 0 Å². The molecular formula is C16H15ClO4. The molecule has 0 aliphatic carbocycles. The summed E-state index contributed by atoms with van der Waals surface area (Å²) in [4.78, 5) is 11.3. The van der Waals surface area contributed by atoms with Crippen LogP contribution in [0.5, 0.6) is 11.5 Å². The molecule has 2 rings (SSSR count). The number of methoxy groups -OCH3 is 1. The molecule has 0 saturated heterocycles. The predicted octanol–water partition coefficient (Wildman–Crippen LogP) is 3.42. The van der Waals surface area contributed by atoms with Crippen LogP contribution in [0.2, 0.25) is 5.02 Å². The van der Waals surface area contributed by atoms with Crippen LogP contribution in [0.4, 0.5) is 0 Å². The van der Waals surface area contributed by atoms with Crippen LogP contribution < -0.4 is 9.47 Å². The lowest BCUT2D eigenvalue weighted by Gasteiger charge is -2.15. The highest BCUT2D eigenvalue weighted by atomic mass is 35.5. The molecule has 0 radical (unpaired) electrons. The van der Waals surface area contributed by atoms with Crippen molar-refractivity contribution in [2.24, 2.45) is 0 Å². The lowest BCUT2D eigenvalue weighted by atomic mass is 10.1. The Morgan fingerprint density at radius 2 is 1.67 bits per heavy atom. The molecule has 1 N–H and O–H groups in total. The Morgan fingerprint density at radius 1 is 1.10 bits per heavy atom. The fourth-order valence-electron chi connectivity index (χ4n) is 1.83. The Bertz CT molecular complexity index is 593. The van der Waals surface area contributed by atoms with Crippen LogP contribution >= 0.6 is 11.6 Å². The summed E-state index contributed by atoms with van der Waals surface area (Å²) in [5.41, 5.74) is 0.858. The summed E-state index contributed by atoms with van der Waals surface area (Å²) < 4.78 is 10.6. The number of aliphatic carboxylic acids is 1. The van der Waals surface area contributed by atoms with Crippen LogP contribution in [0.3, 0.4) is 0 Å². The van der Waals surface area contributed by atoms with Gasteiger partial charge in [0.15, 0.2) is 6.10 Å². The number of hydrogen-bond donors (Lipinski definition) is 1. The zero-order valence-corrected chi connectivity index (χ0v) is 12.2. The van der Waals surface area contributed by atoms with Crippen LogP contribution in [0.15, 0.2) is 48.5 Å². The van der Waals surface area contributed by atoms with Crippen LogP contribution in [0.25, 0.3) is 0 Å². The fourth-order valence-corrected chi connectivity index (χ4v) is 1.96. The number of rotatable bonds is 6. The van der Waals surface area contributed by atoms with E-state index in [4.69, 9.17) is 21.1 Å². The zero-order chi connectivity index (χ0) is 15.2. The average molecular weight is 307 g/mol. The van der Waals surface area contributed by atoms with E-state index in [1.165, 1.54) is 0 Å². The van der Waals surface area contributed by atoms with Crippen molar-refractivity contribution in [3.63, 3.8) is 0 Å². The lowest BCUT2D eigenvalue weighted by Crippen LogP contribution is -2.29. The number of halogens is 1. The summed E-state index contributed by atoms with van der Waals surface area (Å²) in [6.45, 7) is 0.